The molecule has 0 aliphatic heterocycles. The quantitative estimate of drug-likeness (QED) is 0.207. The van der Waals surface area contributed by atoms with Crippen LogP contribution in [0.15, 0.2) is 124 Å². The van der Waals surface area contributed by atoms with Crippen molar-refractivity contribution in [1.82, 2.24) is 0 Å². The predicted octanol–water partition coefficient (Wildman–Crippen LogP) is 8.42. The Bertz CT molecular complexity index is 1180. The smallest absolute Gasteiger partial charge is 0.123 e. The Kier molecular flexibility index (Phi) is 6.94. The molecule has 164 valence electrons. The molecule has 0 N–H and O–H groups in total. The van der Waals surface area contributed by atoms with Gasteiger partial charge in [-0.2, -0.15) is 0 Å². The van der Waals surface area contributed by atoms with Crippen molar-refractivity contribution in [3.8, 4) is 0 Å². The summed E-state index contributed by atoms with van der Waals surface area (Å²) in [5, 5.41) is 0. The predicted molar refractivity (Wildman–Crippen MR) is 139 cm³/mol. The topological polar surface area (TPSA) is 12.4 Å². The molecule has 4 aromatic rings. The van der Waals surface area contributed by atoms with Gasteiger partial charge < -0.3 is 0 Å². The van der Waals surface area contributed by atoms with E-state index in [0.717, 1.165) is 24.2 Å². The first-order chi connectivity index (χ1) is 16.3. The fourth-order valence-corrected chi connectivity index (χ4v) is 7.04. The van der Waals surface area contributed by atoms with Gasteiger partial charge >= 0.3 is 0 Å². The van der Waals surface area contributed by atoms with Crippen LogP contribution in [0, 0.1) is 11.7 Å². The minimum Gasteiger partial charge on any atom is -0.252 e. The summed E-state index contributed by atoms with van der Waals surface area (Å²) in [7, 11) is 0. The number of hydrogen-bond donors (Lipinski definition) is 0. The van der Waals surface area contributed by atoms with Crippen molar-refractivity contribution < 1.29 is 4.39 Å². The van der Waals surface area contributed by atoms with Crippen LogP contribution in [0.25, 0.3) is 0 Å². The number of thioether (sulfide) groups is 2. The third-order valence-corrected chi connectivity index (χ3v) is 8.55. The molecule has 33 heavy (non-hydrogen) atoms. The van der Waals surface area contributed by atoms with Gasteiger partial charge in [0, 0.05) is 15.7 Å². The number of nitrogens with zero attached hydrogens (tertiary/aromatic N) is 1. The molecule has 0 fully saturated rings. The Labute approximate surface area is 203 Å². The van der Waals surface area contributed by atoms with Crippen molar-refractivity contribution in [2.45, 2.75) is 27.2 Å². The highest BCUT2D eigenvalue weighted by Crippen LogP contribution is 2.45. The summed E-state index contributed by atoms with van der Waals surface area (Å²) in [5.74, 6) is 0.0112. The molecule has 1 nitrogen and oxygen atoms in total. The molecule has 1 unspecified atom stereocenters. The second kappa shape index (κ2) is 10.4. The van der Waals surface area contributed by atoms with E-state index in [2.05, 4.69) is 84.9 Å². The molecule has 0 saturated heterocycles. The molecule has 0 amide bonds. The van der Waals surface area contributed by atoms with Gasteiger partial charge in [0.05, 0.1) is 16.0 Å². The number of aliphatic imine (C=N–C) groups is 1. The lowest BCUT2D eigenvalue weighted by Gasteiger charge is -2.32. The molecular formula is C29H24FNS2. The van der Waals surface area contributed by atoms with Crippen molar-refractivity contribution in [1.29, 1.82) is 0 Å². The Morgan fingerprint density at radius 1 is 0.697 bits per heavy atom. The summed E-state index contributed by atoms with van der Waals surface area (Å²) in [5.41, 5.74) is 4.44. The first kappa shape index (κ1) is 22.0. The maximum absolute atomic E-state index is 13.5. The van der Waals surface area contributed by atoms with Crippen LogP contribution in [0.4, 0.5) is 10.1 Å². The summed E-state index contributed by atoms with van der Waals surface area (Å²) in [6, 6.07) is 36.3. The fourth-order valence-electron chi connectivity index (χ4n) is 4.15. The van der Waals surface area contributed by atoms with E-state index in [9.17, 15) is 4.39 Å². The van der Waals surface area contributed by atoms with Gasteiger partial charge in [0.1, 0.15) is 5.82 Å². The zero-order chi connectivity index (χ0) is 22.5. The molecule has 0 spiro atoms. The number of hydrogen-bond acceptors (Lipinski definition) is 3. The first-order valence-electron chi connectivity index (χ1n) is 11.1. The summed E-state index contributed by atoms with van der Waals surface area (Å²) < 4.78 is 13.8. The summed E-state index contributed by atoms with van der Waals surface area (Å²) >= 11 is 3.81. The van der Waals surface area contributed by atoms with Gasteiger partial charge in [0.15, 0.2) is 0 Å². The lowest BCUT2D eigenvalue weighted by atomic mass is 9.82. The number of benzene rings is 4. The third kappa shape index (κ3) is 5.40. The second-order valence-corrected chi connectivity index (χ2v) is 10.7. The fraction of sp³-hybridized carbons (Fsp3) is 0.138. The Balaban J connectivity index is 1.57. The molecule has 0 radical (unpaired) electrons. The van der Waals surface area contributed by atoms with E-state index in [-0.39, 0.29) is 16.3 Å². The van der Waals surface area contributed by atoms with Crippen LogP contribution in [-0.2, 0) is 6.42 Å². The van der Waals surface area contributed by atoms with Crippen LogP contribution >= 0.6 is 23.5 Å². The van der Waals surface area contributed by atoms with E-state index >= 15 is 0 Å². The largest absolute Gasteiger partial charge is 0.252 e. The Hall–Kier alpha value is -2.82. The Morgan fingerprint density at radius 3 is 1.91 bits per heavy atom. The highest BCUT2D eigenvalue weighted by Gasteiger charge is 2.33. The molecule has 0 bridgehead atoms. The highest BCUT2D eigenvalue weighted by molar-refractivity contribution is 8.17. The van der Waals surface area contributed by atoms with E-state index in [1.54, 1.807) is 12.1 Å². The van der Waals surface area contributed by atoms with Gasteiger partial charge in [-0.15, -0.1) is 23.5 Å². The normalized spacial score (nSPS) is 16.7. The van der Waals surface area contributed by atoms with E-state index < -0.39 is 0 Å². The maximum atomic E-state index is 13.5. The minimum absolute atomic E-state index is 0.239. The molecule has 4 heteroatoms. The number of rotatable bonds is 6. The van der Waals surface area contributed by atoms with Crippen LogP contribution in [0.3, 0.4) is 0 Å². The molecule has 0 heterocycles. The van der Waals surface area contributed by atoms with Crippen LogP contribution in [0.5, 0.6) is 0 Å². The zero-order valence-corrected chi connectivity index (χ0v) is 19.7. The summed E-state index contributed by atoms with van der Waals surface area (Å²) in [4.78, 5) is 7.62. The average molecular weight is 470 g/mol. The number of aryl methyl sites for hydroxylation is 1. The zero-order valence-electron chi connectivity index (χ0n) is 18.1. The lowest BCUT2D eigenvalue weighted by Crippen LogP contribution is -2.30. The number of halogens is 1. The van der Waals surface area contributed by atoms with E-state index in [1.807, 2.05) is 23.5 Å². The molecule has 1 aliphatic carbocycles. The molecule has 0 aromatic heterocycles. The van der Waals surface area contributed by atoms with Crippen LogP contribution in [0.1, 0.15) is 17.5 Å². The van der Waals surface area contributed by atoms with Crippen LogP contribution < -0.4 is 0 Å². The molecular weight excluding hydrogens is 445 g/mol. The first-order valence-corrected chi connectivity index (χ1v) is 12.9. The van der Waals surface area contributed by atoms with Crippen LogP contribution in [-0.4, -0.2) is 10.3 Å². The van der Waals surface area contributed by atoms with E-state index in [0.29, 0.717) is 0 Å². The molecule has 4 aromatic carbocycles. The molecule has 5 rings (SSSR count). The van der Waals surface area contributed by atoms with Crippen molar-refractivity contribution in [3.63, 3.8) is 0 Å². The lowest BCUT2D eigenvalue weighted by molar-refractivity contribution is 0.628. The van der Waals surface area contributed by atoms with E-state index in [1.165, 1.54) is 33.1 Å². The monoisotopic (exact) mass is 469 g/mol. The van der Waals surface area contributed by atoms with Crippen molar-refractivity contribution in [2.75, 3.05) is 0 Å². The van der Waals surface area contributed by atoms with E-state index in [4.69, 9.17) is 4.99 Å². The maximum Gasteiger partial charge on any atom is 0.123 e. The SMILES string of the molecule is Fc1ccc(N=C2c3ccccc3CCC2C(Sc2ccccc2)Sc2ccccc2)cc1. The second-order valence-electron chi connectivity index (χ2n) is 8.01. The van der Waals surface area contributed by atoms with Gasteiger partial charge in [0.2, 0.25) is 0 Å². The van der Waals surface area contributed by atoms with Crippen molar-refractivity contribution >= 4 is 34.9 Å². The van der Waals surface area contributed by atoms with Gasteiger partial charge in [-0.05, 0) is 72.5 Å². The molecule has 1 atom stereocenters. The highest BCUT2D eigenvalue weighted by atomic mass is 32.2. The summed E-state index contributed by atoms with van der Waals surface area (Å²) in [6.07, 6.45) is 2.06. The number of fused-ring (bicyclic) bond motifs is 1. The standard InChI is InChI=1S/C29H24FNS2/c30-22-16-18-23(19-17-22)31-28-26-14-8-7-9-21(26)15-20-27(28)29(32-24-10-3-1-4-11-24)33-25-12-5-2-6-13-25/h1-14,16-19,27,29H,15,20H2. The molecule has 0 saturated carbocycles. The van der Waals surface area contributed by atoms with Crippen molar-refractivity contribution in [3.05, 3.63) is 126 Å². The molecule has 1 aliphatic rings. The minimum atomic E-state index is -0.239. The summed E-state index contributed by atoms with van der Waals surface area (Å²) in [6.45, 7) is 0. The Morgan fingerprint density at radius 2 is 1.27 bits per heavy atom. The van der Waals surface area contributed by atoms with Crippen molar-refractivity contribution in [2.24, 2.45) is 10.9 Å². The van der Waals surface area contributed by atoms with Gasteiger partial charge in [-0.3, -0.25) is 4.99 Å². The average Bonchev–Trinajstić information content (AvgIpc) is 2.86. The third-order valence-electron chi connectivity index (χ3n) is 5.76. The van der Waals surface area contributed by atoms with Gasteiger partial charge in [-0.1, -0.05) is 60.7 Å². The van der Waals surface area contributed by atoms with Gasteiger partial charge in [-0.25, -0.2) is 4.39 Å². The van der Waals surface area contributed by atoms with Gasteiger partial charge in [0.25, 0.3) is 0 Å². The van der Waals surface area contributed by atoms with Crippen LogP contribution in [0.2, 0.25) is 0 Å².